The first-order chi connectivity index (χ1) is 7.59. The van der Waals surface area contributed by atoms with Gasteiger partial charge in [-0.3, -0.25) is 9.59 Å². The minimum absolute atomic E-state index is 0.0238. The molecule has 0 heterocycles. The SMILES string of the molecule is Cc1cccc(C)c1NC(=O)C(=O)C1CC1. The third-order valence-corrected chi connectivity index (χ3v) is 2.89. The Morgan fingerprint density at radius 2 is 1.75 bits per heavy atom. The number of benzene rings is 1. The number of ketones is 1. The van der Waals surface area contributed by atoms with Crippen molar-refractivity contribution in [1.82, 2.24) is 0 Å². The first-order valence-corrected chi connectivity index (χ1v) is 5.51. The van der Waals surface area contributed by atoms with Gasteiger partial charge in [0, 0.05) is 11.6 Å². The highest BCUT2D eigenvalue weighted by Crippen LogP contribution is 2.30. The van der Waals surface area contributed by atoms with E-state index in [2.05, 4.69) is 5.32 Å². The number of anilines is 1. The fourth-order valence-electron chi connectivity index (χ4n) is 1.72. The van der Waals surface area contributed by atoms with Crippen LogP contribution in [0.1, 0.15) is 24.0 Å². The number of hydrogen-bond donors (Lipinski definition) is 1. The van der Waals surface area contributed by atoms with E-state index in [0.29, 0.717) is 0 Å². The summed E-state index contributed by atoms with van der Waals surface area (Å²) in [5, 5.41) is 2.71. The lowest BCUT2D eigenvalue weighted by Gasteiger charge is -2.10. The third kappa shape index (κ3) is 2.13. The summed E-state index contributed by atoms with van der Waals surface area (Å²) in [6.07, 6.45) is 1.72. The highest BCUT2D eigenvalue weighted by molar-refractivity contribution is 6.41. The maximum absolute atomic E-state index is 11.6. The van der Waals surface area contributed by atoms with Gasteiger partial charge in [-0.1, -0.05) is 18.2 Å². The number of aryl methyl sites for hydroxylation is 2. The summed E-state index contributed by atoms with van der Waals surface area (Å²) in [5.74, 6) is -0.771. The Balaban J connectivity index is 2.14. The van der Waals surface area contributed by atoms with Gasteiger partial charge in [-0.2, -0.15) is 0 Å². The molecule has 0 atom stereocenters. The predicted octanol–water partition coefficient (Wildman–Crippen LogP) is 2.22. The molecule has 1 aliphatic carbocycles. The van der Waals surface area contributed by atoms with Crippen LogP contribution in [0.25, 0.3) is 0 Å². The third-order valence-electron chi connectivity index (χ3n) is 2.89. The number of para-hydroxylation sites is 1. The summed E-state index contributed by atoms with van der Waals surface area (Å²) < 4.78 is 0. The molecule has 1 N–H and O–H groups in total. The molecular weight excluding hydrogens is 202 g/mol. The Bertz CT molecular complexity index is 427. The minimum Gasteiger partial charge on any atom is -0.319 e. The number of hydrogen-bond acceptors (Lipinski definition) is 2. The van der Waals surface area contributed by atoms with Gasteiger partial charge >= 0.3 is 0 Å². The molecule has 3 nitrogen and oxygen atoms in total. The van der Waals surface area contributed by atoms with Gasteiger partial charge < -0.3 is 5.32 Å². The van der Waals surface area contributed by atoms with E-state index in [0.717, 1.165) is 29.7 Å². The standard InChI is InChI=1S/C13H15NO2/c1-8-4-3-5-9(2)11(8)14-13(16)12(15)10-6-7-10/h3-5,10H,6-7H2,1-2H3,(H,14,16). The predicted molar refractivity (Wildman–Crippen MR) is 62.3 cm³/mol. The maximum atomic E-state index is 11.6. The first kappa shape index (κ1) is 10.9. The smallest absolute Gasteiger partial charge is 0.292 e. The van der Waals surface area contributed by atoms with E-state index >= 15 is 0 Å². The highest BCUT2D eigenvalue weighted by Gasteiger charge is 2.34. The lowest BCUT2D eigenvalue weighted by atomic mass is 10.1. The van der Waals surface area contributed by atoms with Crippen LogP contribution < -0.4 is 5.32 Å². The molecule has 0 radical (unpaired) electrons. The zero-order valence-corrected chi connectivity index (χ0v) is 9.54. The Kier molecular flexibility index (Phi) is 2.77. The average Bonchev–Trinajstić information content (AvgIpc) is 3.06. The van der Waals surface area contributed by atoms with Gasteiger partial charge in [0.05, 0.1) is 0 Å². The van der Waals surface area contributed by atoms with Gasteiger partial charge in [-0.05, 0) is 37.8 Å². The number of carbonyl (C=O) groups is 2. The number of rotatable bonds is 3. The highest BCUT2D eigenvalue weighted by atomic mass is 16.2. The minimum atomic E-state index is -0.472. The van der Waals surface area contributed by atoms with Crippen molar-refractivity contribution in [2.45, 2.75) is 26.7 Å². The van der Waals surface area contributed by atoms with Crippen LogP contribution in [0, 0.1) is 19.8 Å². The van der Waals surface area contributed by atoms with E-state index in [4.69, 9.17) is 0 Å². The summed E-state index contributed by atoms with van der Waals surface area (Å²) in [6.45, 7) is 3.84. The maximum Gasteiger partial charge on any atom is 0.292 e. The molecule has 16 heavy (non-hydrogen) atoms. The Morgan fingerprint density at radius 1 is 1.19 bits per heavy atom. The second-order valence-electron chi connectivity index (χ2n) is 4.36. The van der Waals surface area contributed by atoms with Gasteiger partial charge in [-0.25, -0.2) is 0 Å². The largest absolute Gasteiger partial charge is 0.319 e. The van der Waals surface area contributed by atoms with Crippen LogP contribution >= 0.6 is 0 Å². The average molecular weight is 217 g/mol. The topological polar surface area (TPSA) is 46.2 Å². The van der Waals surface area contributed by atoms with Crippen molar-refractivity contribution < 1.29 is 9.59 Å². The molecule has 1 amide bonds. The Morgan fingerprint density at radius 3 is 2.25 bits per heavy atom. The van der Waals surface area contributed by atoms with E-state index in [1.54, 1.807) is 0 Å². The summed E-state index contributed by atoms with van der Waals surface area (Å²) in [6, 6.07) is 5.78. The lowest BCUT2D eigenvalue weighted by molar-refractivity contribution is -0.135. The van der Waals surface area contributed by atoms with Gasteiger partial charge in [-0.15, -0.1) is 0 Å². The van der Waals surface area contributed by atoms with Crippen LogP contribution in [-0.4, -0.2) is 11.7 Å². The Labute approximate surface area is 94.9 Å². The van der Waals surface area contributed by atoms with E-state index < -0.39 is 5.91 Å². The summed E-state index contributed by atoms with van der Waals surface area (Å²) >= 11 is 0. The molecule has 0 bridgehead atoms. The van der Waals surface area contributed by atoms with Crippen LogP contribution in [0.4, 0.5) is 5.69 Å². The number of amides is 1. The molecular formula is C13H15NO2. The molecule has 0 saturated heterocycles. The second-order valence-corrected chi connectivity index (χ2v) is 4.36. The lowest BCUT2D eigenvalue weighted by Crippen LogP contribution is -2.24. The van der Waals surface area contributed by atoms with Crippen molar-refractivity contribution in [3.63, 3.8) is 0 Å². The van der Waals surface area contributed by atoms with Crippen LogP contribution in [-0.2, 0) is 9.59 Å². The molecule has 3 heteroatoms. The summed E-state index contributed by atoms with van der Waals surface area (Å²) in [4.78, 5) is 23.2. The molecule has 0 aliphatic heterocycles. The van der Waals surface area contributed by atoms with Crippen molar-refractivity contribution in [1.29, 1.82) is 0 Å². The van der Waals surface area contributed by atoms with Crippen molar-refractivity contribution in [3.05, 3.63) is 29.3 Å². The van der Waals surface area contributed by atoms with Gasteiger partial charge in [0.1, 0.15) is 0 Å². The van der Waals surface area contributed by atoms with Crippen LogP contribution in [0.2, 0.25) is 0 Å². The van der Waals surface area contributed by atoms with Crippen LogP contribution in [0.3, 0.4) is 0 Å². The summed E-state index contributed by atoms with van der Waals surface area (Å²) in [5.41, 5.74) is 2.73. The molecule has 1 fully saturated rings. The van der Waals surface area contributed by atoms with Crippen LogP contribution in [0.5, 0.6) is 0 Å². The van der Waals surface area contributed by atoms with E-state index in [9.17, 15) is 9.59 Å². The number of nitrogens with one attached hydrogen (secondary N) is 1. The van der Waals surface area contributed by atoms with Gasteiger partial charge in [0.15, 0.2) is 0 Å². The van der Waals surface area contributed by atoms with Crippen LogP contribution in [0.15, 0.2) is 18.2 Å². The van der Waals surface area contributed by atoms with Crippen molar-refractivity contribution in [2.24, 2.45) is 5.92 Å². The summed E-state index contributed by atoms with van der Waals surface area (Å²) in [7, 11) is 0. The zero-order chi connectivity index (χ0) is 11.7. The fourth-order valence-corrected chi connectivity index (χ4v) is 1.72. The van der Waals surface area contributed by atoms with E-state index in [-0.39, 0.29) is 11.7 Å². The Hall–Kier alpha value is -1.64. The van der Waals surface area contributed by atoms with E-state index in [1.165, 1.54) is 0 Å². The normalized spacial score (nSPS) is 14.6. The fraction of sp³-hybridized carbons (Fsp3) is 0.385. The van der Waals surface area contributed by atoms with Crippen molar-refractivity contribution >= 4 is 17.4 Å². The molecule has 1 aliphatic rings. The molecule has 0 spiro atoms. The first-order valence-electron chi connectivity index (χ1n) is 5.51. The second kappa shape index (κ2) is 4.08. The quantitative estimate of drug-likeness (QED) is 0.789. The molecule has 0 aromatic heterocycles. The molecule has 1 aromatic carbocycles. The number of Topliss-reactive ketones (excluding diaryl/α,β-unsaturated/α-hetero) is 1. The monoisotopic (exact) mass is 217 g/mol. The molecule has 1 saturated carbocycles. The van der Waals surface area contributed by atoms with Crippen molar-refractivity contribution in [2.75, 3.05) is 5.32 Å². The number of carbonyl (C=O) groups excluding carboxylic acids is 2. The molecule has 2 rings (SSSR count). The van der Waals surface area contributed by atoms with E-state index in [1.807, 2.05) is 32.0 Å². The molecule has 0 unspecified atom stereocenters. The zero-order valence-electron chi connectivity index (χ0n) is 9.54. The molecule has 84 valence electrons. The van der Waals surface area contributed by atoms with Gasteiger partial charge in [0.2, 0.25) is 5.78 Å². The van der Waals surface area contributed by atoms with Gasteiger partial charge in [0.25, 0.3) is 5.91 Å². The van der Waals surface area contributed by atoms with Crippen molar-refractivity contribution in [3.8, 4) is 0 Å². The molecule has 1 aromatic rings.